The number of hydrogen-bond acceptors (Lipinski definition) is 7. The summed E-state index contributed by atoms with van der Waals surface area (Å²) in [6.45, 7) is 5.45. The van der Waals surface area contributed by atoms with E-state index in [-0.39, 0.29) is 23.7 Å². The Kier molecular flexibility index (Phi) is 9.23. The van der Waals surface area contributed by atoms with Crippen LogP contribution in [0.15, 0.2) is 83.8 Å². The van der Waals surface area contributed by atoms with Crippen molar-refractivity contribution in [2.24, 2.45) is 0 Å². The Balaban J connectivity index is 1.21. The van der Waals surface area contributed by atoms with Gasteiger partial charge in [-0.2, -0.15) is 0 Å². The van der Waals surface area contributed by atoms with Crippen LogP contribution in [-0.2, 0) is 26.1 Å². The average Bonchev–Trinajstić information content (AvgIpc) is 3.70. The van der Waals surface area contributed by atoms with Crippen LogP contribution in [0.3, 0.4) is 0 Å². The number of ether oxygens (including phenoxy) is 2. The number of likely N-dealkylation sites (tertiary alicyclic amines) is 2. The summed E-state index contributed by atoms with van der Waals surface area (Å²) in [5.41, 5.74) is 3.13. The first-order valence-electron chi connectivity index (χ1n) is 15.1. The molecule has 224 valence electrons. The molecule has 3 fully saturated rings. The molecular weight excluding hydrogens is 550 g/mol. The van der Waals surface area contributed by atoms with Crippen LogP contribution in [0.25, 0.3) is 0 Å². The summed E-state index contributed by atoms with van der Waals surface area (Å²) in [6.07, 6.45) is 4.87. The summed E-state index contributed by atoms with van der Waals surface area (Å²) in [5, 5.41) is 9.53. The summed E-state index contributed by atoms with van der Waals surface area (Å²) in [5.74, 6) is 0. The van der Waals surface area contributed by atoms with Crippen molar-refractivity contribution in [1.29, 1.82) is 0 Å². The van der Waals surface area contributed by atoms with Crippen molar-refractivity contribution in [3.8, 4) is 0 Å². The van der Waals surface area contributed by atoms with E-state index in [1.54, 1.807) is 42.5 Å². The van der Waals surface area contributed by atoms with Gasteiger partial charge in [0, 0.05) is 36.8 Å². The number of aliphatic hydroxyl groups is 1. The Morgan fingerprint density at radius 2 is 1.62 bits per heavy atom. The van der Waals surface area contributed by atoms with Crippen LogP contribution in [-0.4, -0.2) is 68.2 Å². The molecule has 0 saturated carbocycles. The third-order valence-electron chi connectivity index (χ3n) is 8.68. The third-order valence-corrected chi connectivity index (χ3v) is 10.1. The first-order chi connectivity index (χ1) is 20.5. The molecule has 3 heterocycles. The fourth-order valence-corrected chi connectivity index (χ4v) is 7.53. The van der Waals surface area contributed by atoms with Crippen LogP contribution < -0.4 is 4.72 Å². The maximum absolute atomic E-state index is 13.0. The van der Waals surface area contributed by atoms with Gasteiger partial charge in [-0.25, -0.2) is 8.42 Å². The van der Waals surface area contributed by atoms with E-state index >= 15 is 0 Å². The summed E-state index contributed by atoms with van der Waals surface area (Å²) >= 11 is 0. The minimum atomic E-state index is -3.73. The third kappa shape index (κ3) is 7.05. The van der Waals surface area contributed by atoms with E-state index in [0.29, 0.717) is 11.7 Å². The molecule has 3 aromatic carbocycles. The number of benzene rings is 3. The maximum atomic E-state index is 13.0. The van der Waals surface area contributed by atoms with Crippen LogP contribution in [0.4, 0.5) is 5.69 Å². The highest BCUT2D eigenvalue weighted by Gasteiger charge is 2.36. The largest absolute Gasteiger partial charge is 0.392 e. The number of nitrogens with zero attached hydrogens (tertiary/aromatic N) is 2. The summed E-state index contributed by atoms with van der Waals surface area (Å²) in [7, 11) is -3.73. The molecule has 6 rings (SSSR count). The van der Waals surface area contributed by atoms with Gasteiger partial charge in [0.25, 0.3) is 10.0 Å². The highest BCUT2D eigenvalue weighted by atomic mass is 32.2. The van der Waals surface area contributed by atoms with E-state index in [9.17, 15) is 13.5 Å². The summed E-state index contributed by atoms with van der Waals surface area (Å²) in [4.78, 5) is 5.41. The molecule has 0 unspecified atom stereocenters. The van der Waals surface area contributed by atoms with Gasteiger partial charge in [0.05, 0.1) is 23.7 Å². The molecule has 42 heavy (non-hydrogen) atoms. The standard InChI is InChI=1S/C33H41N3O5S/c37-24-25-13-15-26(16-14-25)32-21-30(23-36-19-7-10-29(36)22-35-17-4-5-18-35)40-33(41-32)27-8-6-9-28(20-27)34-42(38,39)31-11-2-1-3-12-31/h1-3,6,8-9,11-16,20,29-30,32-34,37H,4-5,7,10,17-19,21-24H2/t29-,30-,32+,33+/m0/s1. The van der Waals surface area contributed by atoms with Gasteiger partial charge < -0.3 is 19.5 Å². The number of rotatable bonds is 10. The molecule has 0 spiro atoms. The molecule has 0 aliphatic carbocycles. The molecule has 8 nitrogen and oxygen atoms in total. The van der Waals surface area contributed by atoms with Crippen LogP contribution in [0, 0.1) is 0 Å². The zero-order valence-corrected chi connectivity index (χ0v) is 24.8. The Morgan fingerprint density at radius 1 is 0.833 bits per heavy atom. The molecule has 3 saturated heterocycles. The van der Waals surface area contributed by atoms with E-state index in [0.717, 1.165) is 42.7 Å². The summed E-state index contributed by atoms with van der Waals surface area (Å²) < 4.78 is 41.8. The zero-order chi connectivity index (χ0) is 28.9. The van der Waals surface area contributed by atoms with E-state index in [1.165, 1.54) is 38.8 Å². The lowest BCUT2D eigenvalue weighted by atomic mass is 9.99. The molecule has 0 aromatic heterocycles. The van der Waals surface area contributed by atoms with Gasteiger partial charge in [-0.15, -0.1) is 0 Å². The smallest absolute Gasteiger partial charge is 0.261 e. The molecule has 3 aromatic rings. The SMILES string of the molecule is O=S(=O)(Nc1cccc([C@@H]2O[C@H](CN3CCC[C@H]3CN3CCCC3)C[C@H](c3ccc(CO)cc3)O2)c1)c1ccccc1. The topological polar surface area (TPSA) is 91.3 Å². The minimum Gasteiger partial charge on any atom is -0.392 e. The van der Waals surface area contributed by atoms with E-state index in [2.05, 4.69) is 14.5 Å². The highest BCUT2D eigenvalue weighted by molar-refractivity contribution is 7.92. The second-order valence-electron chi connectivity index (χ2n) is 11.7. The Labute approximate surface area is 249 Å². The number of anilines is 1. The van der Waals surface area contributed by atoms with Crippen molar-refractivity contribution in [2.75, 3.05) is 37.4 Å². The van der Waals surface area contributed by atoms with Crippen LogP contribution >= 0.6 is 0 Å². The van der Waals surface area contributed by atoms with Gasteiger partial charge >= 0.3 is 0 Å². The lowest BCUT2D eigenvalue weighted by Gasteiger charge is -2.39. The molecule has 3 aliphatic heterocycles. The number of sulfonamides is 1. The Bertz CT molecular complexity index is 1410. The second kappa shape index (κ2) is 13.2. The van der Waals surface area contributed by atoms with Crippen molar-refractivity contribution in [3.05, 3.63) is 95.6 Å². The fraction of sp³-hybridized carbons (Fsp3) is 0.455. The Hall–Kier alpha value is -2.79. The predicted molar refractivity (Wildman–Crippen MR) is 162 cm³/mol. The van der Waals surface area contributed by atoms with Crippen LogP contribution in [0.2, 0.25) is 0 Å². The van der Waals surface area contributed by atoms with Crippen LogP contribution in [0.1, 0.15) is 61.2 Å². The number of aliphatic hydroxyl groups excluding tert-OH is 1. The normalized spacial score (nSPS) is 25.5. The first-order valence-corrected chi connectivity index (χ1v) is 16.6. The van der Waals surface area contributed by atoms with Gasteiger partial charge in [-0.3, -0.25) is 9.62 Å². The molecular formula is C33H41N3O5S. The second-order valence-corrected chi connectivity index (χ2v) is 13.4. The van der Waals surface area contributed by atoms with Gasteiger partial charge in [-0.1, -0.05) is 54.6 Å². The van der Waals surface area contributed by atoms with Crippen molar-refractivity contribution < 1.29 is 23.0 Å². The van der Waals surface area contributed by atoms with Crippen molar-refractivity contribution in [3.63, 3.8) is 0 Å². The van der Waals surface area contributed by atoms with Gasteiger partial charge in [0.15, 0.2) is 6.29 Å². The van der Waals surface area contributed by atoms with Crippen molar-refractivity contribution in [2.45, 2.75) is 68.1 Å². The molecule has 0 bridgehead atoms. The quantitative estimate of drug-likeness (QED) is 0.340. The van der Waals surface area contributed by atoms with Crippen LogP contribution in [0.5, 0.6) is 0 Å². The monoisotopic (exact) mass is 591 g/mol. The lowest BCUT2D eigenvalue weighted by Crippen LogP contribution is -2.45. The highest BCUT2D eigenvalue weighted by Crippen LogP contribution is 2.39. The van der Waals surface area contributed by atoms with E-state index in [1.807, 2.05) is 36.4 Å². The molecule has 0 radical (unpaired) electrons. The molecule has 2 N–H and O–H groups in total. The lowest BCUT2D eigenvalue weighted by molar-refractivity contribution is -0.253. The fourth-order valence-electron chi connectivity index (χ4n) is 6.46. The van der Waals surface area contributed by atoms with Crippen molar-refractivity contribution >= 4 is 15.7 Å². The first kappa shape index (κ1) is 29.3. The van der Waals surface area contributed by atoms with E-state index in [4.69, 9.17) is 9.47 Å². The van der Waals surface area contributed by atoms with Gasteiger partial charge in [0.2, 0.25) is 0 Å². The van der Waals surface area contributed by atoms with E-state index < -0.39 is 16.3 Å². The number of hydrogen-bond donors (Lipinski definition) is 2. The minimum absolute atomic E-state index is 0.000781. The molecule has 3 aliphatic rings. The van der Waals surface area contributed by atoms with Gasteiger partial charge in [0.1, 0.15) is 0 Å². The number of nitrogens with one attached hydrogen (secondary N) is 1. The van der Waals surface area contributed by atoms with Gasteiger partial charge in [-0.05, 0) is 80.7 Å². The molecule has 4 atom stereocenters. The Morgan fingerprint density at radius 3 is 2.38 bits per heavy atom. The molecule has 9 heteroatoms. The average molecular weight is 592 g/mol. The van der Waals surface area contributed by atoms with Crippen molar-refractivity contribution in [1.82, 2.24) is 9.80 Å². The predicted octanol–water partition coefficient (Wildman–Crippen LogP) is 5.09. The summed E-state index contributed by atoms with van der Waals surface area (Å²) in [6, 6.07) is 24.1. The maximum Gasteiger partial charge on any atom is 0.261 e. The molecule has 0 amide bonds. The zero-order valence-electron chi connectivity index (χ0n) is 24.0.